The maximum atomic E-state index is 11.7. The van der Waals surface area contributed by atoms with Gasteiger partial charge in [-0.2, -0.15) is 0 Å². The van der Waals surface area contributed by atoms with Gasteiger partial charge in [0.1, 0.15) is 10.6 Å². The van der Waals surface area contributed by atoms with Gasteiger partial charge in [0.25, 0.3) is 0 Å². The molecule has 2 aromatic heterocycles. The molecule has 0 saturated carbocycles. The van der Waals surface area contributed by atoms with Gasteiger partial charge in [-0.3, -0.25) is 0 Å². The average molecular weight is 272 g/mol. The number of ether oxygens (including phenoxy) is 1. The van der Waals surface area contributed by atoms with Gasteiger partial charge in [0.2, 0.25) is 0 Å². The molecule has 0 radical (unpaired) electrons. The van der Waals surface area contributed by atoms with E-state index in [4.69, 9.17) is 16.3 Å². The molecule has 0 bridgehead atoms. The quantitative estimate of drug-likeness (QED) is 0.804. The first-order valence-electron chi connectivity index (χ1n) is 4.94. The van der Waals surface area contributed by atoms with Gasteiger partial charge < -0.3 is 9.30 Å². The van der Waals surface area contributed by atoms with Gasteiger partial charge in [0, 0.05) is 19.4 Å². The number of hydrogen-bond donors (Lipinski definition) is 0. The zero-order valence-electron chi connectivity index (χ0n) is 9.31. The SMILES string of the molecule is CCOC(=O)c1sc(Cl)nc1-c1nccn1C. The molecule has 90 valence electrons. The Morgan fingerprint density at radius 1 is 1.65 bits per heavy atom. The molecule has 0 fully saturated rings. The van der Waals surface area contributed by atoms with Crippen molar-refractivity contribution in [1.82, 2.24) is 14.5 Å². The van der Waals surface area contributed by atoms with Crippen LogP contribution in [0.2, 0.25) is 4.47 Å². The predicted molar refractivity (Wildman–Crippen MR) is 65.3 cm³/mol. The highest BCUT2D eigenvalue weighted by Crippen LogP contribution is 2.30. The van der Waals surface area contributed by atoms with Crippen molar-refractivity contribution in [2.75, 3.05) is 6.61 Å². The number of imidazole rings is 1. The first kappa shape index (κ1) is 12.1. The third-order valence-electron chi connectivity index (χ3n) is 2.09. The first-order chi connectivity index (χ1) is 8.13. The fraction of sp³-hybridized carbons (Fsp3) is 0.300. The molecule has 2 aromatic rings. The topological polar surface area (TPSA) is 57.0 Å². The zero-order valence-corrected chi connectivity index (χ0v) is 10.9. The summed E-state index contributed by atoms with van der Waals surface area (Å²) in [6.07, 6.45) is 3.41. The number of rotatable bonds is 3. The summed E-state index contributed by atoms with van der Waals surface area (Å²) >= 11 is 6.94. The Kier molecular flexibility index (Phi) is 3.44. The largest absolute Gasteiger partial charge is 0.462 e. The fourth-order valence-corrected chi connectivity index (χ4v) is 2.37. The van der Waals surface area contributed by atoms with E-state index in [0.29, 0.717) is 27.5 Å². The third-order valence-corrected chi connectivity index (χ3v) is 3.23. The summed E-state index contributed by atoms with van der Waals surface area (Å²) in [5.41, 5.74) is 0.464. The van der Waals surface area contributed by atoms with E-state index in [1.807, 2.05) is 7.05 Å². The molecule has 0 atom stereocenters. The molecule has 0 aromatic carbocycles. The van der Waals surface area contributed by atoms with Crippen LogP contribution < -0.4 is 0 Å². The van der Waals surface area contributed by atoms with Crippen LogP contribution in [-0.2, 0) is 11.8 Å². The lowest BCUT2D eigenvalue weighted by molar-refractivity contribution is 0.0532. The highest BCUT2D eigenvalue weighted by atomic mass is 35.5. The lowest BCUT2D eigenvalue weighted by atomic mass is 10.3. The summed E-state index contributed by atoms with van der Waals surface area (Å²) in [5.74, 6) is 0.172. The number of esters is 1. The second-order valence-corrected chi connectivity index (χ2v) is 4.81. The summed E-state index contributed by atoms with van der Waals surface area (Å²) in [5, 5.41) is 0. The number of hydrogen-bond acceptors (Lipinski definition) is 5. The van der Waals surface area contributed by atoms with E-state index >= 15 is 0 Å². The second kappa shape index (κ2) is 4.85. The van der Waals surface area contributed by atoms with E-state index in [1.165, 1.54) is 0 Å². The van der Waals surface area contributed by atoms with Gasteiger partial charge in [0.05, 0.1) is 6.61 Å². The average Bonchev–Trinajstić information content (AvgIpc) is 2.84. The Bertz CT molecular complexity index is 549. The highest BCUT2D eigenvalue weighted by molar-refractivity contribution is 7.17. The minimum Gasteiger partial charge on any atom is -0.462 e. The molecule has 2 heterocycles. The molecule has 0 aliphatic carbocycles. The maximum Gasteiger partial charge on any atom is 0.350 e. The number of thiazole rings is 1. The minimum atomic E-state index is -0.421. The lowest BCUT2D eigenvalue weighted by Gasteiger charge is -2.02. The van der Waals surface area contributed by atoms with E-state index in [2.05, 4.69) is 9.97 Å². The fourth-order valence-electron chi connectivity index (χ4n) is 1.37. The molecular weight excluding hydrogens is 262 g/mol. The van der Waals surface area contributed by atoms with Crippen LogP contribution in [0.5, 0.6) is 0 Å². The van der Waals surface area contributed by atoms with E-state index in [9.17, 15) is 4.79 Å². The zero-order chi connectivity index (χ0) is 12.4. The van der Waals surface area contributed by atoms with Gasteiger partial charge >= 0.3 is 5.97 Å². The molecule has 0 aliphatic rings. The van der Waals surface area contributed by atoms with E-state index in [0.717, 1.165) is 11.3 Å². The van der Waals surface area contributed by atoms with Crippen molar-refractivity contribution in [2.24, 2.45) is 7.05 Å². The lowest BCUT2D eigenvalue weighted by Crippen LogP contribution is -2.05. The maximum absolute atomic E-state index is 11.7. The summed E-state index contributed by atoms with van der Waals surface area (Å²) in [6, 6.07) is 0. The van der Waals surface area contributed by atoms with Crippen molar-refractivity contribution in [3.63, 3.8) is 0 Å². The summed E-state index contributed by atoms with van der Waals surface area (Å²) < 4.78 is 7.02. The standard InChI is InChI=1S/C10H10ClN3O2S/c1-3-16-9(15)7-6(13-10(11)17-7)8-12-4-5-14(8)2/h4-5H,3H2,1-2H3. The summed E-state index contributed by atoms with van der Waals surface area (Å²) in [6.45, 7) is 2.06. The Labute approximate surface area is 107 Å². The van der Waals surface area contributed by atoms with Crippen LogP contribution in [0, 0.1) is 0 Å². The summed E-state index contributed by atoms with van der Waals surface area (Å²) in [7, 11) is 1.82. The Morgan fingerprint density at radius 3 is 3.00 bits per heavy atom. The van der Waals surface area contributed by atoms with Crippen LogP contribution in [0.25, 0.3) is 11.5 Å². The van der Waals surface area contributed by atoms with Crippen LogP contribution in [0.3, 0.4) is 0 Å². The third kappa shape index (κ3) is 2.32. The molecule has 5 nitrogen and oxygen atoms in total. The monoisotopic (exact) mass is 271 g/mol. The van der Waals surface area contributed by atoms with Gasteiger partial charge in [-0.1, -0.05) is 22.9 Å². The molecule has 0 spiro atoms. The Morgan fingerprint density at radius 2 is 2.41 bits per heavy atom. The van der Waals surface area contributed by atoms with Crippen molar-refractivity contribution in [1.29, 1.82) is 0 Å². The highest BCUT2D eigenvalue weighted by Gasteiger charge is 2.22. The van der Waals surface area contributed by atoms with E-state index in [-0.39, 0.29) is 0 Å². The molecule has 2 rings (SSSR count). The number of aryl methyl sites for hydroxylation is 1. The molecule has 0 saturated heterocycles. The molecule has 0 N–H and O–H groups in total. The van der Waals surface area contributed by atoms with Crippen molar-refractivity contribution in [3.05, 3.63) is 21.7 Å². The Balaban J connectivity index is 2.48. The smallest absolute Gasteiger partial charge is 0.350 e. The van der Waals surface area contributed by atoms with Crippen LogP contribution in [0.15, 0.2) is 12.4 Å². The normalized spacial score (nSPS) is 10.5. The Hall–Kier alpha value is -1.40. The van der Waals surface area contributed by atoms with Crippen LogP contribution in [-0.4, -0.2) is 27.1 Å². The molecule has 0 unspecified atom stereocenters. The van der Waals surface area contributed by atoms with Gasteiger partial charge in [-0.05, 0) is 6.92 Å². The van der Waals surface area contributed by atoms with Crippen molar-refractivity contribution >= 4 is 28.9 Å². The molecule has 17 heavy (non-hydrogen) atoms. The molecule has 7 heteroatoms. The second-order valence-electron chi connectivity index (χ2n) is 3.23. The number of nitrogens with zero attached hydrogens (tertiary/aromatic N) is 3. The molecule has 0 aliphatic heterocycles. The van der Waals surface area contributed by atoms with Gasteiger partial charge in [-0.25, -0.2) is 14.8 Å². The first-order valence-corrected chi connectivity index (χ1v) is 6.14. The molecular formula is C10H10ClN3O2S. The van der Waals surface area contributed by atoms with Gasteiger partial charge in [-0.15, -0.1) is 0 Å². The number of carbonyl (C=O) groups is 1. The van der Waals surface area contributed by atoms with Crippen molar-refractivity contribution in [2.45, 2.75) is 6.92 Å². The molecule has 0 amide bonds. The van der Waals surface area contributed by atoms with E-state index in [1.54, 1.807) is 23.9 Å². The number of halogens is 1. The summed E-state index contributed by atoms with van der Waals surface area (Å²) in [4.78, 5) is 20.4. The van der Waals surface area contributed by atoms with Crippen molar-refractivity contribution < 1.29 is 9.53 Å². The van der Waals surface area contributed by atoms with Crippen LogP contribution >= 0.6 is 22.9 Å². The van der Waals surface area contributed by atoms with Crippen LogP contribution in [0.4, 0.5) is 0 Å². The van der Waals surface area contributed by atoms with Crippen LogP contribution in [0.1, 0.15) is 16.6 Å². The minimum absolute atomic E-state index is 0.297. The number of aromatic nitrogens is 3. The number of carbonyl (C=O) groups excluding carboxylic acids is 1. The van der Waals surface area contributed by atoms with Crippen molar-refractivity contribution in [3.8, 4) is 11.5 Å². The van der Waals surface area contributed by atoms with Gasteiger partial charge in [0.15, 0.2) is 10.3 Å². The van der Waals surface area contributed by atoms with E-state index < -0.39 is 5.97 Å². The predicted octanol–water partition coefficient (Wildman–Crippen LogP) is 2.37.